The number of carbonyl (C=O) groups is 1. The number of nitrogens with one attached hydrogen (secondary N) is 2. The van der Waals surface area contributed by atoms with Gasteiger partial charge in [-0.25, -0.2) is 4.98 Å². The van der Waals surface area contributed by atoms with Gasteiger partial charge < -0.3 is 10.6 Å². The number of fused-ring (bicyclic) bond motifs is 3. The van der Waals surface area contributed by atoms with E-state index in [2.05, 4.69) is 20.2 Å². The number of aromatic nitrogens is 4. The molecule has 4 N–H and O–H groups in total. The highest BCUT2D eigenvalue weighted by atomic mass is 16.2. The van der Waals surface area contributed by atoms with Crippen LogP contribution in [0.25, 0.3) is 10.9 Å². The van der Waals surface area contributed by atoms with E-state index in [-0.39, 0.29) is 22.8 Å². The lowest BCUT2D eigenvalue weighted by Crippen LogP contribution is -2.45. The number of aromatic amines is 2. The van der Waals surface area contributed by atoms with Crippen LogP contribution in [0.2, 0.25) is 0 Å². The van der Waals surface area contributed by atoms with Gasteiger partial charge in [0, 0.05) is 29.5 Å². The number of rotatable bonds is 2. The second-order valence-corrected chi connectivity index (χ2v) is 7.84. The van der Waals surface area contributed by atoms with E-state index in [9.17, 15) is 9.59 Å². The molecule has 8 nitrogen and oxygen atoms in total. The summed E-state index contributed by atoms with van der Waals surface area (Å²) in [5.74, 6) is 0.274. The molecule has 5 rings (SSSR count). The van der Waals surface area contributed by atoms with Crippen LogP contribution in [0.4, 0.5) is 5.95 Å². The van der Waals surface area contributed by atoms with Crippen LogP contribution in [0.3, 0.4) is 0 Å². The summed E-state index contributed by atoms with van der Waals surface area (Å²) in [4.78, 5) is 34.0. The summed E-state index contributed by atoms with van der Waals surface area (Å²) >= 11 is 0. The predicted octanol–water partition coefficient (Wildman–Crippen LogP) is 1.28. The summed E-state index contributed by atoms with van der Waals surface area (Å²) < 4.78 is 0. The number of hydrogen-bond acceptors (Lipinski definition) is 5. The third-order valence-electron chi connectivity index (χ3n) is 6.33. The van der Waals surface area contributed by atoms with E-state index in [1.807, 2.05) is 29.2 Å². The Morgan fingerprint density at radius 2 is 2.00 bits per heavy atom. The number of hydrogen-bond donors (Lipinski definition) is 3. The molecule has 1 aliphatic heterocycles. The molecule has 0 atom stereocenters. The Bertz CT molecular complexity index is 1120. The fraction of sp³-hybridized carbons (Fsp3) is 0.400. The number of likely N-dealkylation sites (tertiary alicyclic amines) is 1. The zero-order valence-electron chi connectivity index (χ0n) is 15.5. The SMILES string of the molecule is Nc1nc2c(c(=O)[nH]1)CCC21CCN(C(=O)Cc2[nH]nc3ccccc23)CC1. The summed E-state index contributed by atoms with van der Waals surface area (Å²) in [6.07, 6.45) is 3.56. The molecule has 2 aliphatic rings. The Kier molecular flexibility index (Phi) is 3.75. The Balaban J connectivity index is 1.32. The first kappa shape index (κ1) is 17.0. The minimum atomic E-state index is -0.130. The zero-order chi connectivity index (χ0) is 19.3. The van der Waals surface area contributed by atoms with E-state index in [0.29, 0.717) is 19.5 Å². The fourth-order valence-corrected chi connectivity index (χ4v) is 4.75. The summed E-state index contributed by atoms with van der Waals surface area (Å²) in [6.45, 7) is 1.33. The largest absolute Gasteiger partial charge is 0.369 e. The summed E-state index contributed by atoms with van der Waals surface area (Å²) in [5.41, 5.74) is 8.87. The Hall–Kier alpha value is -3.16. The van der Waals surface area contributed by atoms with Crippen molar-refractivity contribution in [2.75, 3.05) is 18.8 Å². The van der Waals surface area contributed by atoms with Gasteiger partial charge in [0.1, 0.15) is 0 Å². The third-order valence-corrected chi connectivity index (χ3v) is 6.33. The first-order chi connectivity index (χ1) is 13.6. The first-order valence-corrected chi connectivity index (χ1v) is 9.65. The second kappa shape index (κ2) is 6.19. The van der Waals surface area contributed by atoms with Crippen molar-refractivity contribution in [3.05, 3.63) is 51.6 Å². The van der Waals surface area contributed by atoms with Crippen molar-refractivity contribution in [3.63, 3.8) is 0 Å². The molecule has 1 amide bonds. The first-order valence-electron chi connectivity index (χ1n) is 9.65. The van der Waals surface area contributed by atoms with E-state index in [1.165, 1.54) is 0 Å². The molecule has 2 aromatic heterocycles. The van der Waals surface area contributed by atoms with E-state index in [1.54, 1.807) is 0 Å². The number of nitrogens with two attached hydrogens (primary N) is 1. The van der Waals surface area contributed by atoms with Gasteiger partial charge in [0.05, 0.1) is 23.3 Å². The van der Waals surface area contributed by atoms with Gasteiger partial charge in [-0.2, -0.15) is 5.10 Å². The normalized spacial score (nSPS) is 17.9. The number of nitrogen functional groups attached to an aromatic ring is 1. The van der Waals surface area contributed by atoms with E-state index >= 15 is 0 Å². The van der Waals surface area contributed by atoms with Gasteiger partial charge in [-0.15, -0.1) is 0 Å². The van der Waals surface area contributed by atoms with E-state index in [0.717, 1.165) is 53.5 Å². The molecule has 1 spiro atoms. The van der Waals surface area contributed by atoms with Gasteiger partial charge in [0.15, 0.2) is 0 Å². The third kappa shape index (κ3) is 2.59. The summed E-state index contributed by atoms with van der Waals surface area (Å²) in [7, 11) is 0. The van der Waals surface area contributed by atoms with Gasteiger partial charge in [-0.05, 0) is 31.7 Å². The van der Waals surface area contributed by atoms with Crippen molar-refractivity contribution in [2.45, 2.75) is 37.5 Å². The highest BCUT2D eigenvalue weighted by Crippen LogP contribution is 2.44. The molecule has 0 radical (unpaired) electrons. The van der Waals surface area contributed by atoms with Crippen LogP contribution >= 0.6 is 0 Å². The lowest BCUT2D eigenvalue weighted by molar-refractivity contribution is -0.132. The van der Waals surface area contributed by atoms with Crippen LogP contribution < -0.4 is 11.3 Å². The fourth-order valence-electron chi connectivity index (χ4n) is 4.75. The molecule has 0 bridgehead atoms. The predicted molar refractivity (Wildman–Crippen MR) is 105 cm³/mol. The lowest BCUT2D eigenvalue weighted by Gasteiger charge is -2.39. The summed E-state index contributed by atoms with van der Waals surface area (Å²) in [5, 5.41) is 8.26. The molecule has 28 heavy (non-hydrogen) atoms. The molecule has 3 heterocycles. The average molecular weight is 378 g/mol. The highest BCUT2D eigenvalue weighted by molar-refractivity contribution is 5.87. The van der Waals surface area contributed by atoms with Crippen molar-refractivity contribution in [3.8, 4) is 0 Å². The van der Waals surface area contributed by atoms with Gasteiger partial charge in [-0.1, -0.05) is 18.2 Å². The smallest absolute Gasteiger partial charge is 0.255 e. The topological polar surface area (TPSA) is 121 Å². The van der Waals surface area contributed by atoms with Crippen molar-refractivity contribution in [1.82, 2.24) is 25.1 Å². The molecular weight excluding hydrogens is 356 g/mol. The van der Waals surface area contributed by atoms with Crippen LogP contribution in [0.15, 0.2) is 29.1 Å². The lowest BCUT2D eigenvalue weighted by atomic mass is 9.76. The van der Waals surface area contributed by atoms with Crippen molar-refractivity contribution in [2.24, 2.45) is 0 Å². The van der Waals surface area contributed by atoms with Crippen molar-refractivity contribution in [1.29, 1.82) is 0 Å². The van der Waals surface area contributed by atoms with Crippen molar-refractivity contribution < 1.29 is 4.79 Å². The molecule has 1 saturated heterocycles. The Labute approximate surface area is 161 Å². The number of piperidine rings is 1. The quantitative estimate of drug-likeness (QED) is 0.620. The van der Waals surface area contributed by atoms with Gasteiger partial charge in [0.2, 0.25) is 11.9 Å². The van der Waals surface area contributed by atoms with Crippen LogP contribution in [0, 0.1) is 0 Å². The highest BCUT2D eigenvalue weighted by Gasteiger charge is 2.44. The molecule has 0 unspecified atom stereocenters. The van der Waals surface area contributed by atoms with Gasteiger partial charge >= 0.3 is 0 Å². The second-order valence-electron chi connectivity index (χ2n) is 7.84. The summed E-state index contributed by atoms with van der Waals surface area (Å²) in [6, 6.07) is 7.80. The minimum Gasteiger partial charge on any atom is -0.369 e. The molecule has 144 valence electrons. The van der Waals surface area contributed by atoms with Crippen LogP contribution in [0.5, 0.6) is 0 Å². The molecule has 1 fully saturated rings. The monoisotopic (exact) mass is 378 g/mol. The molecule has 1 aliphatic carbocycles. The average Bonchev–Trinajstić information content (AvgIpc) is 3.25. The minimum absolute atomic E-state index is 0.0980. The number of anilines is 1. The maximum Gasteiger partial charge on any atom is 0.255 e. The number of para-hydroxylation sites is 1. The van der Waals surface area contributed by atoms with Gasteiger partial charge in [-0.3, -0.25) is 19.7 Å². The van der Waals surface area contributed by atoms with Crippen LogP contribution in [-0.2, 0) is 23.1 Å². The number of carbonyl (C=O) groups excluding carboxylic acids is 1. The maximum absolute atomic E-state index is 12.9. The van der Waals surface area contributed by atoms with Crippen LogP contribution in [0.1, 0.15) is 36.2 Å². The Morgan fingerprint density at radius 3 is 2.82 bits per heavy atom. The molecule has 8 heteroatoms. The maximum atomic E-state index is 12.9. The molecular formula is C20H22N6O2. The number of H-pyrrole nitrogens is 2. The number of amides is 1. The molecule has 3 aromatic rings. The number of nitrogens with zero attached hydrogens (tertiary/aromatic N) is 3. The molecule has 1 aromatic carbocycles. The van der Waals surface area contributed by atoms with E-state index in [4.69, 9.17) is 5.73 Å². The van der Waals surface area contributed by atoms with Gasteiger partial charge in [0.25, 0.3) is 5.56 Å². The zero-order valence-corrected chi connectivity index (χ0v) is 15.5. The van der Waals surface area contributed by atoms with Crippen LogP contribution in [-0.4, -0.2) is 44.1 Å². The van der Waals surface area contributed by atoms with Crippen molar-refractivity contribution >= 4 is 22.8 Å². The molecule has 0 saturated carbocycles. The standard InChI is InChI=1S/C20H22N6O2/c21-19-22-17-13(18(28)23-19)5-6-20(17)7-9-26(10-8-20)16(27)11-15-12-3-1-2-4-14(12)24-25-15/h1-4H,5-11H2,(H,24,25)(H3,21,22,23,28). The van der Waals surface area contributed by atoms with E-state index < -0.39 is 0 Å². The Morgan fingerprint density at radius 1 is 1.21 bits per heavy atom. The number of benzene rings is 1.